The molecular formula is C10H11ClF3NO2. The number of hydrogen-bond donors (Lipinski definition) is 2. The summed E-state index contributed by atoms with van der Waals surface area (Å²) >= 11 is 5.72. The first kappa shape index (κ1) is 14.1. The normalized spacial score (nSPS) is 15.5. The Morgan fingerprint density at radius 1 is 1.41 bits per heavy atom. The predicted octanol–water partition coefficient (Wildman–Crippen LogP) is 2.27. The van der Waals surface area contributed by atoms with E-state index >= 15 is 0 Å². The molecule has 0 saturated carbocycles. The van der Waals surface area contributed by atoms with Gasteiger partial charge in [-0.3, -0.25) is 0 Å². The molecule has 0 aliphatic carbocycles. The summed E-state index contributed by atoms with van der Waals surface area (Å²) in [7, 11) is 1.33. The second-order valence-electron chi connectivity index (χ2n) is 3.41. The van der Waals surface area contributed by atoms with Gasteiger partial charge < -0.3 is 15.6 Å². The van der Waals surface area contributed by atoms with E-state index in [9.17, 15) is 13.2 Å². The van der Waals surface area contributed by atoms with Gasteiger partial charge in [0.2, 0.25) is 0 Å². The minimum Gasteiger partial charge on any atom is -0.495 e. The van der Waals surface area contributed by atoms with E-state index in [0.717, 1.165) is 0 Å². The molecule has 0 aromatic heterocycles. The van der Waals surface area contributed by atoms with Gasteiger partial charge in [0.15, 0.2) is 6.10 Å². The molecule has 1 aromatic carbocycles. The molecule has 0 fully saturated rings. The van der Waals surface area contributed by atoms with Gasteiger partial charge in [-0.05, 0) is 17.7 Å². The average Bonchev–Trinajstić information content (AvgIpc) is 2.26. The van der Waals surface area contributed by atoms with Gasteiger partial charge >= 0.3 is 6.18 Å². The second-order valence-corrected chi connectivity index (χ2v) is 3.81. The van der Waals surface area contributed by atoms with E-state index in [-0.39, 0.29) is 16.3 Å². The Balaban J connectivity index is 3.00. The standard InChI is InChI=1S/C10H11ClF3NO2/c1-17-7-4-5(2-3-6(7)11)8(15)9(16)10(12,13)14/h2-4,8-9,16H,15H2,1H3/t8-,9-/m1/s1. The van der Waals surface area contributed by atoms with E-state index in [1.807, 2.05) is 0 Å². The molecule has 0 heterocycles. The number of aliphatic hydroxyl groups is 1. The molecule has 1 aromatic rings. The minimum absolute atomic E-state index is 0.0936. The van der Waals surface area contributed by atoms with Crippen LogP contribution in [-0.2, 0) is 0 Å². The highest BCUT2D eigenvalue weighted by Gasteiger charge is 2.42. The summed E-state index contributed by atoms with van der Waals surface area (Å²) in [6, 6.07) is 2.35. The maximum absolute atomic E-state index is 12.3. The van der Waals surface area contributed by atoms with Crippen LogP contribution in [0.4, 0.5) is 13.2 Å². The summed E-state index contributed by atoms with van der Waals surface area (Å²) in [4.78, 5) is 0. The molecule has 0 aliphatic rings. The fourth-order valence-electron chi connectivity index (χ4n) is 1.27. The molecule has 0 radical (unpaired) electrons. The molecule has 0 amide bonds. The van der Waals surface area contributed by atoms with Crippen LogP contribution >= 0.6 is 11.6 Å². The zero-order valence-corrected chi connectivity index (χ0v) is 9.59. The molecule has 0 bridgehead atoms. The molecule has 96 valence electrons. The van der Waals surface area contributed by atoms with Crippen molar-refractivity contribution in [2.45, 2.75) is 18.3 Å². The van der Waals surface area contributed by atoms with Crippen LogP contribution in [0.5, 0.6) is 5.75 Å². The van der Waals surface area contributed by atoms with Crippen molar-refractivity contribution < 1.29 is 23.0 Å². The van der Waals surface area contributed by atoms with Crippen LogP contribution in [0.15, 0.2) is 18.2 Å². The van der Waals surface area contributed by atoms with Crippen molar-refractivity contribution in [3.05, 3.63) is 28.8 Å². The third kappa shape index (κ3) is 3.24. The van der Waals surface area contributed by atoms with Crippen LogP contribution < -0.4 is 10.5 Å². The number of aliphatic hydroxyl groups excluding tert-OH is 1. The molecule has 0 unspecified atom stereocenters. The lowest BCUT2D eigenvalue weighted by Crippen LogP contribution is -2.38. The zero-order chi connectivity index (χ0) is 13.2. The smallest absolute Gasteiger partial charge is 0.416 e. The zero-order valence-electron chi connectivity index (χ0n) is 8.83. The summed E-state index contributed by atoms with van der Waals surface area (Å²) < 4.78 is 41.6. The predicted molar refractivity (Wildman–Crippen MR) is 57.0 cm³/mol. The Labute approximate surface area is 101 Å². The molecule has 0 aliphatic heterocycles. The van der Waals surface area contributed by atoms with Crippen LogP contribution in [-0.4, -0.2) is 24.5 Å². The summed E-state index contributed by atoms with van der Waals surface area (Å²) in [5, 5.41) is 9.27. The van der Waals surface area contributed by atoms with Gasteiger partial charge in [-0.2, -0.15) is 13.2 Å². The fourth-order valence-corrected chi connectivity index (χ4v) is 1.46. The number of alkyl halides is 3. The lowest BCUT2D eigenvalue weighted by molar-refractivity contribution is -0.210. The van der Waals surface area contributed by atoms with E-state index in [1.54, 1.807) is 0 Å². The van der Waals surface area contributed by atoms with E-state index < -0.39 is 18.3 Å². The third-order valence-electron chi connectivity index (χ3n) is 2.24. The summed E-state index contributed by atoms with van der Waals surface area (Å²) in [5.74, 6) is 0.203. The lowest BCUT2D eigenvalue weighted by atomic mass is 10.0. The molecule has 3 nitrogen and oxygen atoms in total. The number of ether oxygens (including phenoxy) is 1. The number of benzene rings is 1. The lowest BCUT2D eigenvalue weighted by Gasteiger charge is -2.22. The molecule has 0 saturated heterocycles. The van der Waals surface area contributed by atoms with E-state index in [2.05, 4.69) is 0 Å². The molecule has 1 rings (SSSR count). The van der Waals surface area contributed by atoms with Crippen molar-refractivity contribution in [1.29, 1.82) is 0 Å². The molecule has 17 heavy (non-hydrogen) atoms. The first-order valence-corrected chi connectivity index (χ1v) is 4.99. The van der Waals surface area contributed by atoms with E-state index in [1.165, 1.54) is 25.3 Å². The monoisotopic (exact) mass is 269 g/mol. The third-order valence-corrected chi connectivity index (χ3v) is 2.55. The van der Waals surface area contributed by atoms with Crippen LogP contribution in [0.25, 0.3) is 0 Å². The Morgan fingerprint density at radius 2 is 2.00 bits per heavy atom. The highest BCUT2D eigenvalue weighted by Crippen LogP contribution is 2.32. The molecule has 7 heteroatoms. The Kier molecular flexibility index (Phi) is 4.24. The van der Waals surface area contributed by atoms with Gasteiger partial charge in [0.1, 0.15) is 5.75 Å². The van der Waals surface area contributed by atoms with Crippen molar-refractivity contribution in [2.75, 3.05) is 7.11 Å². The van der Waals surface area contributed by atoms with Crippen LogP contribution in [0.3, 0.4) is 0 Å². The highest BCUT2D eigenvalue weighted by atomic mass is 35.5. The summed E-state index contributed by atoms with van der Waals surface area (Å²) in [6.07, 6.45) is -7.40. The Bertz CT molecular complexity index is 398. The minimum atomic E-state index is -4.77. The topological polar surface area (TPSA) is 55.5 Å². The molecule has 2 atom stereocenters. The number of methoxy groups -OCH3 is 1. The van der Waals surface area contributed by atoms with Crippen molar-refractivity contribution in [2.24, 2.45) is 5.73 Å². The van der Waals surface area contributed by atoms with Gasteiger partial charge in [0.05, 0.1) is 18.2 Å². The van der Waals surface area contributed by atoms with Gasteiger partial charge in [-0.15, -0.1) is 0 Å². The van der Waals surface area contributed by atoms with Crippen molar-refractivity contribution in [3.63, 3.8) is 0 Å². The number of nitrogens with two attached hydrogens (primary N) is 1. The Morgan fingerprint density at radius 3 is 2.47 bits per heavy atom. The molecule has 3 N–H and O–H groups in total. The van der Waals surface area contributed by atoms with Gasteiger partial charge in [-0.25, -0.2) is 0 Å². The SMILES string of the molecule is COc1cc([C@@H](N)[C@@H](O)C(F)(F)F)ccc1Cl. The highest BCUT2D eigenvalue weighted by molar-refractivity contribution is 6.32. The average molecular weight is 270 g/mol. The largest absolute Gasteiger partial charge is 0.495 e. The quantitative estimate of drug-likeness (QED) is 0.885. The summed E-state index contributed by atoms with van der Waals surface area (Å²) in [6.45, 7) is 0. The maximum Gasteiger partial charge on any atom is 0.416 e. The van der Waals surface area contributed by atoms with Crippen LogP contribution in [0.1, 0.15) is 11.6 Å². The van der Waals surface area contributed by atoms with Crippen molar-refractivity contribution in [3.8, 4) is 5.75 Å². The van der Waals surface area contributed by atoms with Crippen LogP contribution in [0.2, 0.25) is 5.02 Å². The van der Waals surface area contributed by atoms with Crippen molar-refractivity contribution in [1.82, 2.24) is 0 Å². The van der Waals surface area contributed by atoms with Crippen LogP contribution in [0, 0.1) is 0 Å². The molecular weight excluding hydrogens is 259 g/mol. The van der Waals surface area contributed by atoms with Gasteiger partial charge in [0.25, 0.3) is 0 Å². The van der Waals surface area contributed by atoms with Crippen molar-refractivity contribution >= 4 is 11.6 Å². The maximum atomic E-state index is 12.3. The number of rotatable bonds is 3. The second kappa shape index (κ2) is 5.12. The van der Waals surface area contributed by atoms with E-state index in [4.69, 9.17) is 27.2 Å². The number of halogens is 4. The molecule has 0 spiro atoms. The first-order valence-electron chi connectivity index (χ1n) is 4.61. The number of hydrogen-bond acceptors (Lipinski definition) is 3. The first-order chi connectivity index (χ1) is 7.77. The van der Waals surface area contributed by atoms with Gasteiger partial charge in [-0.1, -0.05) is 17.7 Å². The van der Waals surface area contributed by atoms with E-state index in [0.29, 0.717) is 0 Å². The fraction of sp³-hybridized carbons (Fsp3) is 0.400. The summed E-state index contributed by atoms with van der Waals surface area (Å²) in [5.41, 5.74) is 5.42. The Hall–Kier alpha value is -0.980. The van der Waals surface area contributed by atoms with Gasteiger partial charge in [0, 0.05) is 0 Å².